The van der Waals surface area contributed by atoms with Crippen LogP contribution in [0.1, 0.15) is 31.1 Å². The van der Waals surface area contributed by atoms with Crippen LogP contribution < -0.4 is 0 Å². The minimum absolute atomic E-state index is 0.0203. The molecule has 192 valence electrons. The van der Waals surface area contributed by atoms with Crippen molar-refractivity contribution in [2.45, 2.75) is 0 Å². The number of nitrogens with zero attached hydrogens (tertiary/aromatic N) is 1. The average Bonchev–Trinajstić information content (AvgIpc) is 3.15. The summed E-state index contributed by atoms with van der Waals surface area (Å²) < 4.78 is 26.4. The molecule has 10 nitrogen and oxygen atoms in total. The van der Waals surface area contributed by atoms with Crippen molar-refractivity contribution in [3.05, 3.63) is 71.3 Å². The van der Waals surface area contributed by atoms with E-state index in [-0.39, 0.29) is 43.7 Å². The van der Waals surface area contributed by atoms with E-state index in [2.05, 4.69) is 0 Å². The average molecular weight is 500 g/mol. The van der Waals surface area contributed by atoms with Gasteiger partial charge in [0.15, 0.2) is 0 Å². The van der Waals surface area contributed by atoms with Crippen LogP contribution in [0.2, 0.25) is 0 Å². The summed E-state index contributed by atoms with van der Waals surface area (Å²) >= 11 is 0. The number of hydrogen-bond donors (Lipinski definition) is 0. The molecule has 0 bridgehead atoms. The van der Waals surface area contributed by atoms with Crippen LogP contribution in [0.5, 0.6) is 0 Å². The van der Waals surface area contributed by atoms with Crippen molar-refractivity contribution >= 4 is 23.6 Å². The molecular weight excluding hydrogens is 470 g/mol. The Labute approximate surface area is 209 Å². The number of benzene rings is 2. The van der Waals surface area contributed by atoms with Crippen molar-refractivity contribution in [2.24, 2.45) is 0 Å². The second-order valence-corrected chi connectivity index (χ2v) is 7.59. The molecule has 0 N–H and O–H groups in total. The minimum atomic E-state index is -0.911. The second-order valence-electron chi connectivity index (χ2n) is 7.59. The topological polar surface area (TPSA) is 118 Å². The first-order valence-electron chi connectivity index (χ1n) is 11.6. The number of ether oxygens (including phenoxy) is 5. The number of ketones is 1. The number of rotatable bonds is 17. The van der Waals surface area contributed by atoms with Crippen molar-refractivity contribution in [3.8, 4) is 0 Å². The van der Waals surface area contributed by atoms with E-state index in [9.17, 15) is 19.2 Å². The van der Waals surface area contributed by atoms with Crippen molar-refractivity contribution < 1.29 is 42.9 Å². The maximum Gasteiger partial charge on any atom is 0.379 e. The molecule has 0 spiro atoms. The van der Waals surface area contributed by atoms with Crippen molar-refractivity contribution in [1.29, 1.82) is 0 Å². The predicted octanol–water partition coefficient (Wildman–Crippen LogP) is 1.78. The van der Waals surface area contributed by atoms with E-state index in [0.29, 0.717) is 50.8 Å². The Hall–Kier alpha value is -3.44. The summed E-state index contributed by atoms with van der Waals surface area (Å²) in [7, 11) is 0. The first-order chi connectivity index (χ1) is 17.6. The van der Waals surface area contributed by atoms with E-state index in [1.165, 1.54) is 4.90 Å². The number of hydrogen-bond acceptors (Lipinski definition) is 9. The van der Waals surface area contributed by atoms with Crippen LogP contribution in [0.25, 0.3) is 0 Å². The number of carbonyl (C=O) groups excluding carboxylic acids is 4. The van der Waals surface area contributed by atoms with Gasteiger partial charge in [-0.2, -0.15) is 0 Å². The van der Waals surface area contributed by atoms with Crippen molar-refractivity contribution in [2.75, 3.05) is 66.0 Å². The molecular formula is C26H29NO9. The van der Waals surface area contributed by atoms with E-state index in [0.717, 1.165) is 0 Å². The molecule has 36 heavy (non-hydrogen) atoms. The van der Waals surface area contributed by atoms with Gasteiger partial charge in [-0.25, -0.2) is 4.79 Å². The van der Waals surface area contributed by atoms with Gasteiger partial charge in [0.1, 0.15) is 6.61 Å². The third-order valence-electron chi connectivity index (χ3n) is 5.14. The molecule has 0 saturated heterocycles. The third-order valence-corrected chi connectivity index (χ3v) is 5.14. The first kappa shape index (κ1) is 27.2. The zero-order valence-corrected chi connectivity index (χ0v) is 19.9. The van der Waals surface area contributed by atoms with Gasteiger partial charge in [-0.1, -0.05) is 42.5 Å². The molecule has 10 heteroatoms. The highest BCUT2D eigenvalue weighted by molar-refractivity contribution is 6.40. The number of carbonyl (C=O) groups is 4. The summed E-state index contributed by atoms with van der Waals surface area (Å²) in [6.45, 7) is 2.66. The zero-order valence-electron chi connectivity index (χ0n) is 19.9. The minimum Gasteiger partial charge on any atom is -0.457 e. The molecule has 0 fully saturated rings. The summed E-state index contributed by atoms with van der Waals surface area (Å²) in [5.74, 6) is -2.19. The highest BCUT2D eigenvalue weighted by Gasteiger charge is 2.34. The quantitative estimate of drug-likeness (QED) is 0.106. The molecule has 1 aliphatic rings. The summed E-state index contributed by atoms with van der Waals surface area (Å²) in [5, 5.41) is 0. The fraction of sp³-hybridized carbons (Fsp3) is 0.385. The third kappa shape index (κ3) is 8.06. The zero-order chi connectivity index (χ0) is 25.6. The van der Waals surface area contributed by atoms with Crippen LogP contribution in [0.4, 0.5) is 0 Å². The summed E-state index contributed by atoms with van der Waals surface area (Å²) in [6, 6.07) is 15.0. The van der Waals surface area contributed by atoms with Gasteiger partial charge in [0.25, 0.3) is 17.6 Å². The number of esters is 1. The molecule has 3 rings (SSSR count). The summed E-state index contributed by atoms with van der Waals surface area (Å²) in [5.41, 5.74) is 1.14. The van der Waals surface area contributed by atoms with Gasteiger partial charge in [-0.15, -0.1) is 0 Å². The smallest absolute Gasteiger partial charge is 0.379 e. The molecule has 2 aromatic rings. The molecule has 0 aliphatic carbocycles. The van der Waals surface area contributed by atoms with Crippen LogP contribution in [-0.2, 0) is 28.5 Å². The SMILES string of the molecule is O=C(OCCOCCOCCOCCOCCN1C(=O)c2ccccc2C1=O)C(=O)c1ccccc1. The summed E-state index contributed by atoms with van der Waals surface area (Å²) in [6.07, 6.45) is 0. The van der Waals surface area contributed by atoms with E-state index in [1.54, 1.807) is 54.6 Å². The Morgan fingerprint density at radius 3 is 1.56 bits per heavy atom. The van der Waals surface area contributed by atoms with Crippen LogP contribution in [0.15, 0.2) is 54.6 Å². The Balaban J connectivity index is 1.09. The number of imide groups is 1. The fourth-order valence-corrected chi connectivity index (χ4v) is 3.33. The molecule has 0 unspecified atom stereocenters. The van der Waals surface area contributed by atoms with Gasteiger partial charge in [-0.05, 0) is 12.1 Å². The van der Waals surface area contributed by atoms with E-state index >= 15 is 0 Å². The lowest BCUT2D eigenvalue weighted by Crippen LogP contribution is -2.33. The largest absolute Gasteiger partial charge is 0.457 e. The highest BCUT2D eigenvalue weighted by Crippen LogP contribution is 2.21. The van der Waals surface area contributed by atoms with Gasteiger partial charge in [0, 0.05) is 5.56 Å². The summed E-state index contributed by atoms with van der Waals surface area (Å²) in [4.78, 5) is 49.2. The molecule has 1 aliphatic heterocycles. The molecule has 0 radical (unpaired) electrons. The van der Waals surface area contributed by atoms with Crippen molar-refractivity contribution in [3.63, 3.8) is 0 Å². The number of amides is 2. The molecule has 1 heterocycles. The molecule has 2 amide bonds. The standard InChI is InChI=1S/C26H29NO9/c28-23(20-6-2-1-3-7-20)26(31)36-19-18-35-17-16-34-15-14-33-13-12-32-11-10-27-24(29)21-8-4-5-9-22(21)25(27)30/h1-9H,10-19H2. The number of fused-ring (bicyclic) bond motifs is 1. The van der Waals surface area contributed by atoms with E-state index < -0.39 is 11.8 Å². The Morgan fingerprint density at radius 2 is 1.03 bits per heavy atom. The van der Waals surface area contributed by atoms with Crippen molar-refractivity contribution in [1.82, 2.24) is 4.90 Å². The lowest BCUT2D eigenvalue weighted by atomic mass is 10.1. The fourth-order valence-electron chi connectivity index (χ4n) is 3.33. The van der Waals surface area contributed by atoms with E-state index in [1.807, 2.05) is 0 Å². The maximum atomic E-state index is 12.2. The highest BCUT2D eigenvalue weighted by atomic mass is 16.6. The molecule has 0 aromatic heterocycles. The first-order valence-corrected chi connectivity index (χ1v) is 11.6. The van der Waals surface area contributed by atoms with Gasteiger partial charge in [-0.3, -0.25) is 19.3 Å². The molecule has 2 aromatic carbocycles. The molecule has 0 saturated carbocycles. The van der Waals surface area contributed by atoms with Gasteiger partial charge >= 0.3 is 5.97 Å². The maximum absolute atomic E-state index is 12.2. The van der Waals surface area contributed by atoms with Gasteiger partial charge < -0.3 is 23.7 Å². The second kappa shape index (κ2) is 14.8. The lowest BCUT2D eigenvalue weighted by Gasteiger charge is -2.13. The number of Topliss-reactive ketones (excluding diaryl/α,β-unsaturated/α-hetero) is 1. The van der Waals surface area contributed by atoms with Crippen LogP contribution >= 0.6 is 0 Å². The molecule has 0 atom stereocenters. The monoisotopic (exact) mass is 499 g/mol. The Kier molecular flexibility index (Phi) is 11.2. The van der Waals surface area contributed by atoms with E-state index in [4.69, 9.17) is 23.7 Å². The Bertz CT molecular complexity index is 990. The van der Waals surface area contributed by atoms with Crippen LogP contribution in [-0.4, -0.2) is 94.5 Å². The lowest BCUT2D eigenvalue weighted by molar-refractivity contribution is -0.139. The Morgan fingerprint density at radius 1 is 0.583 bits per heavy atom. The van der Waals surface area contributed by atoms with Crippen LogP contribution in [0.3, 0.4) is 0 Å². The van der Waals surface area contributed by atoms with Gasteiger partial charge in [0.05, 0.1) is 70.5 Å². The van der Waals surface area contributed by atoms with Crippen LogP contribution in [0, 0.1) is 0 Å². The normalized spacial score (nSPS) is 12.6. The predicted molar refractivity (Wildman–Crippen MR) is 127 cm³/mol. The van der Waals surface area contributed by atoms with Gasteiger partial charge in [0.2, 0.25) is 0 Å².